The predicted molar refractivity (Wildman–Crippen MR) is 137 cm³/mol. The summed E-state index contributed by atoms with van der Waals surface area (Å²) in [6.07, 6.45) is 12.3. The fraction of sp³-hybridized carbons (Fsp3) is 0.903. The minimum atomic E-state index is -0.514. The number of aliphatic hydroxyl groups is 2. The van der Waals surface area contributed by atoms with Crippen LogP contribution in [0, 0.1) is 56.2 Å². The predicted octanol–water partition coefficient (Wildman–Crippen LogP) is 7.48. The van der Waals surface area contributed by atoms with Crippen LogP contribution in [0.2, 0.25) is 0 Å². The van der Waals surface area contributed by atoms with Gasteiger partial charge in [-0.15, -0.1) is 0 Å². The third kappa shape index (κ3) is 2.77. The van der Waals surface area contributed by atoms with Gasteiger partial charge < -0.3 is 10.2 Å². The molecule has 0 aromatic heterocycles. The maximum absolute atomic E-state index is 13.0. The Morgan fingerprint density at radius 3 is 2.15 bits per heavy atom. The van der Waals surface area contributed by atoms with Crippen LogP contribution < -0.4 is 0 Å². The van der Waals surface area contributed by atoms with Crippen molar-refractivity contribution >= 4 is 5.78 Å². The van der Waals surface area contributed by atoms with Gasteiger partial charge in [-0.05, 0) is 108 Å². The van der Waals surface area contributed by atoms with Crippen LogP contribution in [-0.4, -0.2) is 22.1 Å². The number of allylic oxidation sites excluding steroid dienone is 2. The van der Waals surface area contributed by atoms with Gasteiger partial charge in [0.1, 0.15) is 0 Å². The average Bonchev–Trinajstić information content (AvgIpc) is 2.75. The fourth-order valence-corrected chi connectivity index (χ4v) is 11.2. The zero-order valence-electron chi connectivity index (χ0n) is 23.1. The summed E-state index contributed by atoms with van der Waals surface area (Å²) in [6.45, 7) is 18.6. The van der Waals surface area contributed by atoms with Crippen molar-refractivity contribution in [1.82, 2.24) is 0 Å². The van der Waals surface area contributed by atoms with Gasteiger partial charge in [0.25, 0.3) is 0 Å². The van der Waals surface area contributed by atoms with E-state index in [4.69, 9.17) is 0 Å². The summed E-state index contributed by atoms with van der Waals surface area (Å²) in [7, 11) is 0. The molecule has 0 aliphatic heterocycles. The van der Waals surface area contributed by atoms with Crippen LogP contribution in [0.4, 0.5) is 0 Å². The second kappa shape index (κ2) is 7.14. The van der Waals surface area contributed by atoms with Crippen LogP contribution >= 0.6 is 0 Å². The molecule has 0 radical (unpaired) electrons. The summed E-state index contributed by atoms with van der Waals surface area (Å²) in [5.41, 5.74) is -0.0647. The lowest BCUT2D eigenvalue weighted by atomic mass is 9.31. The van der Waals surface area contributed by atoms with Crippen LogP contribution in [-0.2, 0) is 4.79 Å². The zero-order valence-corrected chi connectivity index (χ0v) is 23.1. The highest BCUT2D eigenvalue weighted by molar-refractivity contribution is 5.98. The number of hydrogen-bond donors (Lipinski definition) is 2. The van der Waals surface area contributed by atoms with Crippen molar-refractivity contribution in [2.45, 2.75) is 119 Å². The van der Waals surface area contributed by atoms with Crippen molar-refractivity contribution in [3.63, 3.8) is 0 Å². The summed E-state index contributed by atoms with van der Waals surface area (Å²) in [4.78, 5) is 13.0. The molecule has 5 aliphatic rings. The molecule has 3 nitrogen and oxygen atoms in total. The Morgan fingerprint density at radius 2 is 1.50 bits per heavy atom. The second-order valence-electron chi connectivity index (χ2n) is 15.3. The Bertz CT molecular complexity index is 916. The van der Waals surface area contributed by atoms with Gasteiger partial charge in [-0.1, -0.05) is 61.8 Å². The van der Waals surface area contributed by atoms with Crippen LogP contribution in [0.3, 0.4) is 0 Å². The average molecular weight is 471 g/mol. The molecule has 9 atom stereocenters. The standard InChI is InChI=1S/C31H50O3/c1-9-31-16-14-26(2,3)25(34)23(31)19-10-11-22-28(6)18-20(32)24(33)27(4,5)21(28)12-13-30(22,8)29(19,7)15-17-31/h18-19,21-23,25,32,34H,9-17H2,1-8H3/t19?,21?,22?,23?,25?,28-,29-,30+,31?/m0/s1. The molecule has 0 amide bonds. The van der Waals surface area contributed by atoms with E-state index in [0.29, 0.717) is 23.2 Å². The van der Waals surface area contributed by atoms with Gasteiger partial charge in [0, 0.05) is 5.41 Å². The molecule has 192 valence electrons. The minimum absolute atomic E-state index is 0.00151. The van der Waals surface area contributed by atoms with Gasteiger partial charge in [-0.25, -0.2) is 0 Å². The lowest BCUT2D eigenvalue weighted by Crippen LogP contribution is -2.68. The van der Waals surface area contributed by atoms with E-state index >= 15 is 0 Å². The van der Waals surface area contributed by atoms with Gasteiger partial charge in [0.05, 0.1) is 6.10 Å². The first-order valence-corrected chi connectivity index (χ1v) is 14.3. The van der Waals surface area contributed by atoms with Crippen molar-refractivity contribution in [2.24, 2.45) is 56.2 Å². The molecule has 2 N–H and O–H groups in total. The molecular weight excluding hydrogens is 420 g/mol. The van der Waals surface area contributed by atoms with E-state index in [-0.39, 0.29) is 45.2 Å². The Morgan fingerprint density at radius 1 is 0.853 bits per heavy atom. The first kappa shape index (κ1) is 24.8. The largest absolute Gasteiger partial charge is 0.505 e. The number of rotatable bonds is 1. The number of carbonyl (C=O) groups excluding carboxylic acids is 1. The number of carbonyl (C=O) groups is 1. The van der Waals surface area contributed by atoms with Crippen molar-refractivity contribution in [3.05, 3.63) is 11.8 Å². The van der Waals surface area contributed by atoms with Gasteiger partial charge in [0.15, 0.2) is 5.76 Å². The normalized spacial score (nSPS) is 53.6. The molecule has 5 aliphatic carbocycles. The Kier molecular flexibility index (Phi) is 5.22. The Balaban J connectivity index is 1.59. The Labute approximate surface area is 208 Å². The number of hydrogen-bond acceptors (Lipinski definition) is 3. The van der Waals surface area contributed by atoms with Crippen molar-refractivity contribution in [3.8, 4) is 0 Å². The van der Waals surface area contributed by atoms with Crippen molar-refractivity contribution in [2.75, 3.05) is 0 Å². The third-order valence-corrected chi connectivity index (χ3v) is 13.6. The Hall–Kier alpha value is -0.830. The number of Topliss-reactive ketones (excluding diaryl/α,β-unsaturated/α-hetero) is 1. The van der Waals surface area contributed by atoms with Crippen LogP contribution in [0.5, 0.6) is 0 Å². The first-order valence-electron chi connectivity index (χ1n) is 14.3. The summed E-state index contributed by atoms with van der Waals surface area (Å²) in [5, 5.41) is 22.6. The SMILES string of the molecule is CCC12CCC(C)(C)C(O)C1C1CCC3[C@@]4(C)C=C(O)C(=O)C(C)(C)C4CC[C@@]3(C)[C@@]1(C)CC2. The van der Waals surface area contributed by atoms with E-state index < -0.39 is 5.41 Å². The first-order chi connectivity index (χ1) is 15.6. The van der Waals surface area contributed by atoms with Crippen molar-refractivity contribution in [1.29, 1.82) is 0 Å². The maximum atomic E-state index is 13.0. The van der Waals surface area contributed by atoms with E-state index in [0.717, 1.165) is 25.7 Å². The highest BCUT2D eigenvalue weighted by Crippen LogP contribution is 2.76. The molecular formula is C31H50O3. The van der Waals surface area contributed by atoms with Gasteiger partial charge in [-0.2, -0.15) is 0 Å². The molecule has 6 unspecified atom stereocenters. The summed E-state index contributed by atoms with van der Waals surface area (Å²) in [5.74, 6) is 1.59. The molecule has 4 saturated carbocycles. The van der Waals surface area contributed by atoms with E-state index in [2.05, 4.69) is 55.4 Å². The molecule has 3 heteroatoms. The van der Waals surface area contributed by atoms with Crippen LogP contribution in [0.25, 0.3) is 0 Å². The van der Waals surface area contributed by atoms with E-state index in [1.54, 1.807) is 0 Å². The lowest BCUT2D eigenvalue weighted by Gasteiger charge is -2.73. The van der Waals surface area contributed by atoms with Crippen molar-refractivity contribution < 1.29 is 15.0 Å². The third-order valence-electron chi connectivity index (χ3n) is 13.6. The summed E-state index contributed by atoms with van der Waals surface area (Å²) in [6, 6.07) is 0. The van der Waals surface area contributed by atoms with Crippen LogP contribution in [0.1, 0.15) is 113 Å². The maximum Gasteiger partial charge on any atom is 0.202 e. The number of fused-ring (bicyclic) bond motifs is 7. The molecule has 0 saturated heterocycles. The molecule has 0 spiro atoms. The molecule has 0 heterocycles. The van der Waals surface area contributed by atoms with Gasteiger partial charge >= 0.3 is 0 Å². The highest BCUT2D eigenvalue weighted by atomic mass is 16.3. The lowest BCUT2D eigenvalue weighted by molar-refractivity contribution is -0.252. The zero-order chi connectivity index (χ0) is 25.1. The molecule has 0 bridgehead atoms. The van der Waals surface area contributed by atoms with Gasteiger partial charge in [0.2, 0.25) is 5.78 Å². The molecule has 4 fully saturated rings. The molecule has 34 heavy (non-hydrogen) atoms. The summed E-state index contributed by atoms with van der Waals surface area (Å²) >= 11 is 0. The molecule has 0 aromatic rings. The number of ketones is 1. The molecule has 5 rings (SSSR count). The fourth-order valence-electron chi connectivity index (χ4n) is 11.2. The topological polar surface area (TPSA) is 57.5 Å². The highest BCUT2D eigenvalue weighted by Gasteiger charge is 2.71. The number of aliphatic hydroxyl groups excluding tert-OH is 2. The van der Waals surface area contributed by atoms with Gasteiger partial charge in [-0.3, -0.25) is 4.79 Å². The quantitative estimate of drug-likeness (QED) is 0.417. The minimum Gasteiger partial charge on any atom is -0.505 e. The van der Waals surface area contributed by atoms with E-state index in [1.165, 1.54) is 32.1 Å². The van der Waals surface area contributed by atoms with E-state index in [9.17, 15) is 15.0 Å². The summed E-state index contributed by atoms with van der Waals surface area (Å²) < 4.78 is 0. The monoisotopic (exact) mass is 470 g/mol. The molecule has 0 aromatic carbocycles. The second-order valence-corrected chi connectivity index (χ2v) is 15.3. The van der Waals surface area contributed by atoms with E-state index in [1.807, 2.05) is 6.08 Å². The smallest absolute Gasteiger partial charge is 0.202 e. The van der Waals surface area contributed by atoms with Crippen LogP contribution in [0.15, 0.2) is 11.8 Å².